The summed E-state index contributed by atoms with van der Waals surface area (Å²) in [6, 6.07) is 11.8. The highest BCUT2D eigenvalue weighted by Gasteiger charge is 2.19. The summed E-state index contributed by atoms with van der Waals surface area (Å²) in [6.45, 7) is 11.2. The Labute approximate surface area is 194 Å². The highest BCUT2D eigenvalue weighted by atomic mass is 32.1. The third-order valence-electron chi connectivity index (χ3n) is 5.48. The van der Waals surface area contributed by atoms with E-state index in [0.29, 0.717) is 44.0 Å². The van der Waals surface area contributed by atoms with Crippen molar-refractivity contribution in [2.75, 3.05) is 19.6 Å². The highest BCUT2D eigenvalue weighted by Crippen LogP contribution is 2.17. The van der Waals surface area contributed by atoms with Gasteiger partial charge in [0.1, 0.15) is 10.7 Å². The molecule has 6 nitrogen and oxygen atoms in total. The summed E-state index contributed by atoms with van der Waals surface area (Å²) in [5, 5.41) is 2.72. The van der Waals surface area contributed by atoms with Crippen LogP contribution in [-0.4, -0.2) is 50.8 Å². The van der Waals surface area contributed by atoms with Gasteiger partial charge in [-0.1, -0.05) is 24.6 Å². The zero-order valence-electron chi connectivity index (χ0n) is 19.4. The highest BCUT2D eigenvalue weighted by molar-refractivity contribution is 7.09. The van der Waals surface area contributed by atoms with Crippen LogP contribution in [0.1, 0.15) is 64.3 Å². The van der Waals surface area contributed by atoms with Gasteiger partial charge in [0, 0.05) is 42.5 Å². The monoisotopic (exact) mass is 452 g/mol. The van der Waals surface area contributed by atoms with Crippen LogP contribution in [0.4, 0.5) is 0 Å². The Morgan fingerprint density at radius 2 is 1.72 bits per heavy atom. The number of aryl methyl sites for hydroxylation is 1. The van der Waals surface area contributed by atoms with Crippen LogP contribution in [0.3, 0.4) is 0 Å². The molecule has 0 aliphatic heterocycles. The first kappa shape index (κ1) is 23.7. The molecule has 0 spiro atoms. The molecule has 0 bridgehead atoms. The van der Waals surface area contributed by atoms with Crippen molar-refractivity contribution in [1.82, 2.24) is 19.4 Å². The zero-order chi connectivity index (χ0) is 23.1. The van der Waals surface area contributed by atoms with E-state index in [9.17, 15) is 9.59 Å². The molecule has 0 radical (unpaired) electrons. The van der Waals surface area contributed by atoms with Gasteiger partial charge in [-0.3, -0.25) is 9.59 Å². The minimum atomic E-state index is -0.0250. The maximum absolute atomic E-state index is 13.1. The third kappa shape index (κ3) is 5.65. The zero-order valence-corrected chi connectivity index (χ0v) is 20.2. The number of hydrogen-bond acceptors (Lipinski definition) is 4. The Hall–Kier alpha value is -2.93. The smallest absolute Gasteiger partial charge is 0.273 e. The molecule has 3 aromatic rings. The fourth-order valence-electron chi connectivity index (χ4n) is 3.64. The summed E-state index contributed by atoms with van der Waals surface area (Å²) in [4.78, 5) is 33.9. The maximum atomic E-state index is 13.1. The Kier molecular flexibility index (Phi) is 8.22. The number of benzene rings is 1. The molecule has 3 rings (SSSR count). The van der Waals surface area contributed by atoms with Gasteiger partial charge >= 0.3 is 0 Å². The molecule has 7 heteroatoms. The first-order chi connectivity index (χ1) is 15.5. The summed E-state index contributed by atoms with van der Waals surface area (Å²) in [5.74, 6) is 0.0176. The van der Waals surface area contributed by atoms with Crippen LogP contribution < -0.4 is 0 Å². The molecule has 0 saturated heterocycles. The average Bonchev–Trinajstić information content (AvgIpc) is 3.44. The number of hydrogen-bond donors (Lipinski definition) is 0. The van der Waals surface area contributed by atoms with Crippen molar-refractivity contribution in [3.05, 3.63) is 75.5 Å². The SMILES string of the molecule is CCCN(Cc1cccn1Cc1nc(C(=O)N(CC)CC)cs1)C(=O)c1ccc(C)cc1. The number of carbonyl (C=O) groups is 2. The molecule has 0 saturated carbocycles. The van der Waals surface area contributed by atoms with E-state index in [1.165, 1.54) is 11.3 Å². The standard InChI is InChI=1S/C25H32N4O2S/c1-5-14-29(24(30)20-12-10-19(4)11-13-20)16-21-9-8-15-28(21)17-23-26-22(18-32-23)25(31)27(6-2)7-3/h8-13,15,18H,5-7,14,16-17H2,1-4H3. The predicted octanol–water partition coefficient (Wildman–Crippen LogP) is 4.84. The summed E-state index contributed by atoms with van der Waals surface area (Å²) >= 11 is 1.50. The van der Waals surface area contributed by atoms with E-state index in [0.717, 1.165) is 22.7 Å². The van der Waals surface area contributed by atoms with Crippen molar-refractivity contribution in [2.45, 2.75) is 47.2 Å². The minimum absolute atomic E-state index is 0.0250. The molecule has 170 valence electrons. The second-order valence-corrected chi connectivity index (χ2v) is 8.77. The predicted molar refractivity (Wildman–Crippen MR) is 129 cm³/mol. The van der Waals surface area contributed by atoms with Crippen LogP contribution in [0.5, 0.6) is 0 Å². The molecule has 2 aromatic heterocycles. The molecule has 0 atom stereocenters. The number of carbonyl (C=O) groups excluding carboxylic acids is 2. The van der Waals surface area contributed by atoms with Crippen molar-refractivity contribution in [2.24, 2.45) is 0 Å². The molecule has 0 aliphatic carbocycles. The van der Waals surface area contributed by atoms with Crippen LogP contribution in [0.15, 0.2) is 48.0 Å². The fraction of sp³-hybridized carbons (Fsp3) is 0.400. The minimum Gasteiger partial charge on any atom is -0.343 e. The maximum Gasteiger partial charge on any atom is 0.273 e. The van der Waals surface area contributed by atoms with Gasteiger partial charge in [-0.25, -0.2) is 4.98 Å². The first-order valence-electron chi connectivity index (χ1n) is 11.2. The number of rotatable bonds is 10. The van der Waals surface area contributed by atoms with Gasteiger partial charge in [0.05, 0.1) is 13.1 Å². The van der Waals surface area contributed by atoms with Crippen LogP contribution in [-0.2, 0) is 13.1 Å². The molecule has 0 unspecified atom stereocenters. The Morgan fingerprint density at radius 3 is 2.38 bits per heavy atom. The van der Waals surface area contributed by atoms with Crippen molar-refractivity contribution >= 4 is 23.2 Å². The van der Waals surface area contributed by atoms with Crippen molar-refractivity contribution < 1.29 is 9.59 Å². The quantitative estimate of drug-likeness (QED) is 0.442. The Morgan fingerprint density at radius 1 is 1.00 bits per heavy atom. The van der Waals surface area contributed by atoms with E-state index in [4.69, 9.17) is 0 Å². The average molecular weight is 453 g/mol. The lowest BCUT2D eigenvalue weighted by atomic mass is 10.1. The van der Waals surface area contributed by atoms with Crippen LogP contribution in [0.2, 0.25) is 0 Å². The lowest BCUT2D eigenvalue weighted by Crippen LogP contribution is -2.32. The number of thiazole rings is 1. The van der Waals surface area contributed by atoms with Gasteiger partial charge in [0.15, 0.2) is 0 Å². The largest absolute Gasteiger partial charge is 0.343 e. The Bertz CT molecular complexity index is 1030. The van der Waals surface area contributed by atoms with E-state index in [-0.39, 0.29) is 11.8 Å². The molecule has 2 heterocycles. The van der Waals surface area contributed by atoms with E-state index >= 15 is 0 Å². The molecule has 0 aliphatic rings. The molecule has 32 heavy (non-hydrogen) atoms. The molecular weight excluding hydrogens is 420 g/mol. The molecule has 2 amide bonds. The van der Waals surface area contributed by atoms with Gasteiger partial charge in [-0.15, -0.1) is 11.3 Å². The molecule has 1 aromatic carbocycles. The van der Waals surface area contributed by atoms with Crippen LogP contribution in [0, 0.1) is 6.92 Å². The topological polar surface area (TPSA) is 58.4 Å². The van der Waals surface area contributed by atoms with E-state index in [2.05, 4.69) is 16.5 Å². The van der Waals surface area contributed by atoms with E-state index in [1.807, 2.05) is 73.6 Å². The summed E-state index contributed by atoms with van der Waals surface area (Å²) in [7, 11) is 0. The van der Waals surface area contributed by atoms with E-state index in [1.54, 1.807) is 4.90 Å². The molecule has 0 N–H and O–H groups in total. The van der Waals surface area contributed by atoms with Gasteiger partial charge in [0.2, 0.25) is 0 Å². The number of amides is 2. The van der Waals surface area contributed by atoms with Gasteiger partial charge in [0.25, 0.3) is 11.8 Å². The summed E-state index contributed by atoms with van der Waals surface area (Å²) < 4.78 is 2.11. The summed E-state index contributed by atoms with van der Waals surface area (Å²) in [5.41, 5.74) is 3.40. The van der Waals surface area contributed by atoms with Crippen molar-refractivity contribution in [3.63, 3.8) is 0 Å². The Balaban J connectivity index is 1.73. The van der Waals surface area contributed by atoms with Crippen LogP contribution >= 0.6 is 11.3 Å². The molecular formula is C25H32N4O2S. The van der Waals surface area contributed by atoms with Gasteiger partial charge in [-0.2, -0.15) is 0 Å². The fourth-order valence-corrected chi connectivity index (χ4v) is 4.41. The van der Waals surface area contributed by atoms with Crippen molar-refractivity contribution in [1.29, 1.82) is 0 Å². The first-order valence-corrected chi connectivity index (χ1v) is 12.1. The van der Waals surface area contributed by atoms with Gasteiger partial charge in [-0.05, 0) is 51.5 Å². The van der Waals surface area contributed by atoms with Crippen LogP contribution in [0.25, 0.3) is 0 Å². The van der Waals surface area contributed by atoms with E-state index < -0.39 is 0 Å². The number of aromatic nitrogens is 2. The third-order valence-corrected chi connectivity index (χ3v) is 6.32. The van der Waals surface area contributed by atoms with Gasteiger partial charge < -0.3 is 14.4 Å². The lowest BCUT2D eigenvalue weighted by molar-refractivity contribution is 0.0737. The second kappa shape index (κ2) is 11.1. The van der Waals surface area contributed by atoms with Crippen molar-refractivity contribution in [3.8, 4) is 0 Å². The normalized spacial score (nSPS) is 10.9. The summed E-state index contributed by atoms with van der Waals surface area (Å²) in [6.07, 6.45) is 2.89. The number of nitrogens with zero attached hydrogens (tertiary/aromatic N) is 4. The lowest BCUT2D eigenvalue weighted by Gasteiger charge is -2.23. The second-order valence-electron chi connectivity index (χ2n) is 7.82. The molecule has 0 fully saturated rings.